The van der Waals surface area contributed by atoms with Gasteiger partial charge in [0, 0.05) is 41.1 Å². The van der Waals surface area contributed by atoms with Gasteiger partial charge in [-0.05, 0) is 38.2 Å². The Bertz CT molecular complexity index is 563. The van der Waals surface area contributed by atoms with Gasteiger partial charge in [-0.25, -0.2) is 0 Å². The first-order chi connectivity index (χ1) is 10.0. The van der Waals surface area contributed by atoms with Crippen LogP contribution in [0.3, 0.4) is 0 Å². The number of aromatic nitrogens is 1. The Kier molecular flexibility index (Phi) is 5.91. The summed E-state index contributed by atoms with van der Waals surface area (Å²) in [5.41, 5.74) is 2.22. The topological polar surface area (TPSA) is 28.2 Å². The van der Waals surface area contributed by atoms with Crippen molar-refractivity contribution in [3.8, 4) is 0 Å². The average Bonchev–Trinajstić information content (AvgIpc) is 2.83. The fourth-order valence-corrected chi connectivity index (χ4v) is 3.24. The number of thiophene rings is 1. The van der Waals surface area contributed by atoms with E-state index >= 15 is 0 Å². The van der Waals surface area contributed by atoms with Gasteiger partial charge in [0.1, 0.15) is 0 Å². The molecule has 0 fully saturated rings. The van der Waals surface area contributed by atoms with Gasteiger partial charge in [-0.15, -0.1) is 11.3 Å². The monoisotopic (exact) mass is 303 g/mol. The van der Waals surface area contributed by atoms with Crippen molar-refractivity contribution < 1.29 is 0 Å². The third-order valence-corrected chi connectivity index (χ3v) is 4.28. The van der Waals surface area contributed by atoms with E-state index in [0.717, 1.165) is 31.0 Å². The molecule has 0 radical (unpaired) electrons. The minimum Gasteiger partial charge on any atom is -0.310 e. The van der Waals surface area contributed by atoms with Crippen LogP contribution in [0.1, 0.15) is 35.0 Å². The number of aryl methyl sites for hydroxylation is 1. The smallest absolute Gasteiger partial charge is 0.0547 e. The lowest BCUT2D eigenvalue weighted by Gasteiger charge is -2.15. The van der Waals surface area contributed by atoms with Crippen LogP contribution < -0.4 is 5.32 Å². The molecule has 2 heterocycles. The molecule has 0 atom stereocenters. The summed E-state index contributed by atoms with van der Waals surface area (Å²) in [5, 5.41) is 3.46. The zero-order chi connectivity index (χ0) is 15.2. The highest BCUT2D eigenvalue weighted by Crippen LogP contribution is 2.18. The molecule has 4 heteroatoms. The predicted octanol–water partition coefficient (Wildman–Crippen LogP) is 3.58. The quantitative estimate of drug-likeness (QED) is 0.847. The summed E-state index contributed by atoms with van der Waals surface area (Å²) in [6, 6.07) is 11.2. The van der Waals surface area contributed by atoms with Crippen molar-refractivity contribution in [2.24, 2.45) is 0 Å². The lowest BCUT2D eigenvalue weighted by molar-refractivity contribution is 0.318. The maximum absolute atomic E-state index is 4.56. The molecule has 2 aromatic rings. The summed E-state index contributed by atoms with van der Waals surface area (Å²) in [7, 11) is 2.15. The Balaban J connectivity index is 1.86. The zero-order valence-electron chi connectivity index (χ0n) is 13.4. The van der Waals surface area contributed by atoms with Crippen LogP contribution in [0.25, 0.3) is 0 Å². The molecule has 2 rings (SSSR count). The van der Waals surface area contributed by atoms with E-state index in [1.165, 1.54) is 9.75 Å². The molecule has 3 nitrogen and oxygen atoms in total. The van der Waals surface area contributed by atoms with Crippen molar-refractivity contribution in [1.82, 2.24) is 15.2 Å². The largest absolute Gasteiger partial charge is 0.310 e. The first kappa shape index (κ1) is 16.1. The van der Waals surface area contributed by atoms with Gasteiger partial charge in [-0.2, -0.15) is 0 Å². The Labute approximate surface area is 132 Å². The molecule has 0 aliphatic rings. The molecule has 0 spiro atoms. The van der Waals surface area contributed by atoms with Crippen molar-refractivity contribution in [3.05, 3.63) is 51.5 Å². The van der Waals surface area contributed by atoms with Gasteiger partial charge in [-0.3, -0.25) is 9.88 Å². The van der Waals surface area contributed by atoms with Crippen molar-refractivity contribution >= 4 is 11.3 Å². The van der Waals surface area contributed by atoms with Crippen LogP contribution in [0, 0.1) is 6.92 Å². The van der Waals surface area contributed by atoms with E-state index in [1.54, 1.807) is 0 Å². The molecule has 0 bridgehead atoms. The van der Waals surface area contributed by atoms with Gasteiger partial charge >= 0.3 is 0 Å². The average molecular weight is 303 g/mol. The SMILES string of the molecule is Cc1cccc(CN(C)Cc2ccc(CNC(C)C)s2)n1. The second-order valence-electron chi connectivity index (χ2n) is 5.85. The van der Waals surface area contributed by atoms with Crippen LogP contribution in [-0.4, -0.2) is 23.0 Å². The minimum atomic E-state index is 0.533. The van der Waals surface area contributed by atoms with Crippen LogP contribution in [0.15, 0.2) is 30.3 Å². The first-order valence-electron chi connectivity index (χ1n) is 7.45. The fourth-order valence-electron chi connectivity index (χ4n) is 2.19. The molecule has 0 amide bonds. The van der Waals surface area contributed by atoms with Crippen LogP contribution >= 0.6 is 11.3 Å². The van der Waals surface area contributed by atoms with E-state index in [1.807, 2.05) is 24.3 Å². The Morgan fingerprint density at radius 1 is 1.14 bits per heavy atom. The second-order valence-corrected chi connectivity index (χ2v) is 7.10. The molecule has 2 aromatic heterocycles. The molecule has 0 unspecified atom stereocenters. The van der Waals surface area contributed by atoms with Gasteiger partial charge in [-0.1, -0.05) is 19.9 Å². The third kappa shape index (κ3) is 5.58. The Morgan fingerprint density at radius 3 is 2.62 bits per heavy atom. The van der Waals surface area contributed by atoms with Crippen LogP contribution in [-0.2, 0) is 19.6 Å². The maximum Gasteiger partial charge on any atom is 0.0547 e. The number of nitrogens with one attached hydrogen (secondary N) is 1. The van der Waals surface area contributed by atoms with E-state index < -0.39 is 0 Å². The van der Waals surface area contributed by atoms with Crippen molar-refractivity contribution in [1.29, 1.82) is 0 Å². The normalized spacial score (nSPS) is 11.5. The van der Waals surface area contributed by atoms with Crippen LogP contribution in [0.2, 0.25) is 0 Å². The summed E-state index contributed by atoms with van der Waals surface area (Å²) >= 11 is 1.89. The van der Waals surface area contributed by atoms with E-state index in [2.05, 4.69) is 60.4 Å². The van der Waals surface area contributed by atoms with Gasteiger partial charge in [0.25, 0.3) is 0 Å². The van der Waals surface area contributed by atoms with Gasteiger partial charge in [0.15, 0.2) is 0 Å². The highest BCUT2D eigenvalue weighted by molar-refractivity contribution is 7.11. The first-order valence-corrected chi connectivity index (χ1v) is 8.26. The molecule has 0 saturated heterocycles. The molecular formula is C17H25N3S. The molecule has 0 aliphatic carbocycles. The number of pyridine rings is 1. The van der Waals surface area contributed by atoms with E-state index in [-0.39, 0.29) is 0 Å². The summed E-state index contributed by atoms with van der Waals surface area (Å²) in [6.45, 7) is 9.22. The molecular weight excluding hydrogens is 278 g/mol. The van der Waals surface area contributed by atoms with Crippen molar-refractivity contribution in [3.63, 3.8) is 0 Å². The summed E-state index contributed by atoms with van der Waals surface area (Å²) in [4.78, 5) is 9.68. The van der Waals surface area contributed by atoms with E-state index in [4.69, 9.17) is 0 Å². The summed E-state index contributed by atoms with van der Waals surface area (Å²) in [5.74, 6) is 0. The Morgan fingerprint density at radius 2 is 1.90 bits per heavy atom. The highest BCUT2D eigenvalue weighted by atomic mass is 32.1. The van der Waals surface area contributed by atoms with Crippen LogP contribution in [0.5, 0.6) is 0 Å². The standard InChI is InChI=1S/C17H25N3S/c1-13(2)18-10-16-8-9-17(21-16)12-20(4)11-15-7-5-6-14(3)19-15/h5-9,13,18H,10-12H2,1-4H3. The van der Waals surface area contributed by atoms with Crippen LogP contribution in [0.4, 0.5) is 0 Å². The van der Waals surface area contributed by atoms with Gasteiger partial charge < -0.3 is 5.32 Å². The number of nitrogens with zero attached hydrogens (tertiary/aromatic N) is 2. The number of hydrogen-bond donors (Lipinski definition) is 1. The van der Waals surface area contributed by atoms with Crippen molar-refractivity contribution in [2.75, 3.05) is 7.05 Å². The lowest BCUT2D eigenvalue weighted by Crippen LogP contribution is -2.21. The summed E-state index contributed by atoms with van der Waals surface area (Å²) < 4.78 is 0. The highest BCUT2D eigenvalue weighted by Gasteiger charge is 2.06. The van der Waals surface area contributed by atoms with E-state index in [0.29, 0.717) is 6.04 Å². The molecule has 1 N–H and O–H groups in total. The predicted molar refractivity (Wildman–Crippen MR) is 90.4 cm³/mol. The second kappa shape index (κ2) is 7.69. The summed E-state index contributed by atoms with van der Waals surface area (Å²) in [6.07, 6.45) is 0. The Hall–Kier alpha value is -1.23. The van der Waals surface area contributed by atoms with Crippen molar-refractivity contribution in [2.45, 2.75) is 46.4 Å². The number of rotatable bonds is 7. The van der Waals surface area contributed by atoms with E-state index in [9.17, 15) is 0 Å². The van der Waals surface area contributed by atoms with Gasteiger partial charge in [0.05, 0.1) is 5.69 Å². The minimum absolute atomic E-state index is 0.533. The molecule has 0 aromatic carbocycles. The molecule has 0 saturated carbocycles. The zero-order valence-corrected chi connectivity index (χ0v) is 14.2. The third-order valence-electron chi connectivity index (χ3n) is 3.21. The maximum atomic E-state index is 4.56. The lowest BCUT2D eigenvalue weighted by atomic mass is 10.3. The molecule has 114 valence electrons. The molecule has 21 heavy (non-hydrogen) atoms. The molecule has 0 aliphatic heterocycles. The fraction of sp³-hybridized carbons (Fsp3) is 0.471. The number of hydrogen-bond acceptors (Lipinski definition) is 4. The van der Waals surface area contributed by atoms with Gasteiger partial charge in [0.2, 0.25) is 0 Å².